The highest BCUT2D eigenvalue weighted by Crippen LogP contribution is 2.41. The third-order valence-electron chi connectivity index (χ3n) is 4.77. The maximum Gasteiger partial charge on any atom is 0.341 e. The van der Waals surface area contributed by atoms with Gasteiger partial charge in [-0.1, -0.05) is 18.6 Å². The van der Waals surface area contributed by atoms with E-state index in [4.69, 9.17) is 19.9 Å². The van der Waals surface area contributed by atoms with Gasteiger partial charge in [0.05, 0.1) is 25.0 Å². The normalized spacial score (nSPS) is 13.0. The van der Waals surface area contributed by atoms with E-state index >= 15 is 0 Å². The monoisotopic (exact) mass is 404 g/mol. The van der Waals surface area contributed by atoms with Crippen molar-refractivity contribution in [1.82, 2.24) is 0 Å². The largest absolute Gasteiger partial charge is 0.496 e. The number of allylic oxidation sites excluding steroid dienone is 2. The van der Waals surface area contributed by atoms with Crippen LogP contribution in [0.25, 0.3) is 0 Å². The van der Waals surface area contributed by atoms with Gasteiger partial charge in [0.25, 0.3) is 0 Å². The van der Waals surface area contributed by atoms with Crippen molar-refractivity contribution >= 4 is 23.7 Å². The van der Waals surface area contributed by atoms with Crippen LogP contribution >= 0.6 is 0 Å². The van der Waals surface area contributed by atoms with Crippen molar-refractivity contribution in [3.05, 3.63) is 33.9 Å². The number of methoxy groups -OCH3 is 1. The summed E-state index contributed by atoms with van der Waals surface area (Å²) in [5, 5.41) is 2.56. The summed E-state index contributed by atoms with van der Waals surface area (Å²) in [5.41, 5.74) is 9.03. The Balaban J connectivity index is 2.32. The molecule has 2 rings (SSSR count). The van der Waals surface area contributed by atoms with Gasteiger partial charge in [0.1, 0.15) is 12.4 Å². The number of nitrogens with two attached hydrogens (primary N) is 1. The average Bonchev–Trinajstić information content (AvgIpc) is 3.07. The summed E-state index contributed by atoms with van der Waals surface area (Å²) < 4.78 is 15.8. The number of hydrogen-bond acceptors (Lipinski definition) is 6. The molecule has 2 amide bonds. The standard InChI is InChI=1S/C21H28N2O6/c1-5-10-28-16(24)9-7-12(2)6-8-14-18(23-21(22)26)17-15(11-29-20(17)25)13(3)19(14)27-4/h6H,5,7-11H2,1-4H3,(H3,22,23,26)/b12-6+. The van der Waals surface area contributed by atoms with Crippen LogP contribution in [-0.4, -0.2) is 31.7 Å². The molecule has 158 valence electrons. The molecule has 1 aliphatic rings. The number of urea groups is 1. The second-order valence-corrected chi connectivity index (χ2v) is 6.91. The Kier molecular flexibility index (Phi) is 7.64. The Labute approximate surface area is 170 Å². The molecule has 1 heterocycles. The average molecular weight is 404 g/mol. The minimum atomic E-state index is -0.779. The molecule has 0 atom stereocenters. The Morgan fingerprint density at radius 1 is 1.31 bits per heavy atom. The number of benzene rings is 1. The second-order valence-electron chi connectivity index (χ2n) is 6.91. The minimum Gasteiger partial charge on any atom is -0.496 e. The van der Waals surface area contributed by atoms with Crippen molar-refractivity contribution in [3.63, 3.8) is 0 Å². The van der Waals surface area contributed by atoms with Crippen molar-refractivity contribution in [2.45, 2.75) is 53.1 Å². The molecule has 0 unspecified atom stereocenters. The lowest BCUT2D eigenvalue weighted by atomic mass is 9.93. The molecule has 0 fully saturated rings. The van der Waals surface area contributed by atoms with E-state index in [0.717, 1.165) is 17.6 Å². The number of anilines is 1. The molecule has 1 aromatic carbocycles. The number of carbonyl (C=O) groups excluding carboxylic acids is 3. The van der Waals surface area contributed by atoms with Crippen LogP contribution in [0, 0.1) is 6.92 Å². The van der Waals surface area contributed by atoms with Crippen LogP contribution in [0.5, 0.6) is 5.75 Å². The molecule has 1 aromatic rings. The lowest BCUT2D eigenvalue weighted by Gasteiger charge is -2.19. The van der Waals surface area contributed by atoms with Gasteiger partial charge >= 0.3 is 18.0 Å². The van der Waals surface area contributed by atoms with E-state index < -0.39 is 12.0 Å². The zero-order chi connectivity index (χ0) is 21.6. The van der Waals surface area contributed by atoms with Crippen molar-refractivity contribution < 1.29 is 28.6 Å². The van der Waals surface area contributed by atoms with Crippen LogP contribution in [-0.2, 0) is 27.3 Å². The Bertz CT molecular complexity index is 844. The molecule has 0 saturated heterocycles. The van der Waals surface area contributed by atoms with E-state index in [0.29, 0.717) is 54.0 Å². The maximum atomic E-state index is 12.3. The van der Waals surface area contributed by atoms with Crippen LogP contribution in [0.1, 0.15) is 60.2 Å². The predicted molar refractivity (Wildman–Crippen MR) is 108 cm³/mol. The Hall–Kier alpha value is -3.03. The van der Waals surface area contributed by atoms with E-state index in [-0.39, 0.29) is 12.6 Å². The fourth-order valence-electron chi connectivity index (χ4n) is 3.28. The van der Waals surface area contributed by atoms with Crippen LogP contribution in [0.2, 0.25) is 0 Å². The smallest absolute Gasteiger partial charge is 0.341 e. The van der Waals surface area contributed by atoms with Crippen molar-refractivity contribution in [2.24, 2.45) is 5.73 Å². The van der Waals surface area contributed by atoms with E-state index in [9.17, 15) is 14.4 Å². The van der Waals surface area contributed by atoms with Gasteiger partial charge < -0.3 is 25.3 Å². The highest BCUT2D eigenvalue weighted by atomic mass is 16.5. The SMILES string of the molecule is CCCOC(=O)CC/C(C)=C/Cc1c(NC(N)=O)c2c(c(C)c1OC)COC2=O. The fraction of sp³-hybridized carbons (Fsp3) is 0.476. The Morgan fingerprint density at radius 2 is 2.03 bits per heavy atom. The number of amides is 2. The topological polar surface area (TPSA) is 117 Å². The number of hydrogen-bond donors (Lipinski definition) is 2. The number of fused-ring (bicyclic) bond motifs is 1. The van der Waals surface area contributed by atoms with Crippen LogP contribution in [0.4, 0.5) is 10.5 Å². The van der Waals surface area contributed by atoms with Gasteiger partial charge in [0.2, 0.25) is 0 Å². The minimum absolute atomic E-state index is 0.124. The predicted octanol–water partition coefficient (Wildman–Crippen LogP) is 3.39. The summed E-state index contributed by atoms with van der Waals surface area (Å²) in [7, 11) is 1.53. The Morgan fingerprint density at radius 3 is 2.66 bits per heavy atom. The highest BCUT2D eigenvalue weighted by molar-refractivity contribution is 6.05. The number of nitrogens with one attached hydrogen (secondary N) is 1. The van der Waals surface area contributed by atoms with Crippen LogP contribution in [0.15, 0.2) is 11.6 Å². The molecule has 0 saturated carbocycles. The number of esters is 2. The lowest BCUT2D eigenvalue weighted by molar-refractivity contribution is -0.143. The van der Waals surface area contributed by atoms with Gasteiger partial charge in [-0.15, -0.1) is 0 Å². The molecule has 29 heavy (non-hydrogen) atoms. The zero-order valence-electron chi connectivity index (χ0n) is 17.3. The molecule has 0 radical (unpaired) electrons. The molecule has 0 bridgehead atoms. The van der Waals surface area contributed by atoms with Crippen molar-refractivity contribution in [1.29, 1.82) is 0 Å². The number of primary amides is 1. The van der Waals surface area contributed by atoms with Crippen LogP contribution < -0.4 is 15.8 Å². The number of cyclic esters (lactones) is 1. The molecule has 8 heteroatoms. The summed E-state index contributed by atoms with van der Waals surface area (Å²) in [6.07, 6.45) is 3.95. The first-order valence-electron chi connectivity index (χ1n) is 9.57. The summed E-state index contributed by atoms with van der Waals surface area (Å²) in [5.74, 6) is -0.170. The molecule has 8 nitrogen and oxygen atoms in total. The van der Waals surface area contributed by atoms with Gasteiger partial charge in [0, 0.05) is 17.5 Å². The molecular formula is C21H28N2O6. The zero-order valence-corrected chi connectivity index (χ0v) is 17.3. The summed E-state index contributed by atoms with van der Waals surface area (Å²) in [6, 6.07) is -0.779. The van der Waals surface area contributed by atoms with E-state index in [1.165, 1.54) is 7.11 Å². The number of rotatable bonds is 9. The van der Waals surface area contributed by atoms with E-state index in [2.05, 4.69) is 5.32 Å². The fourth-order valence-corrected chi connectivity index (χ4v) is 3.28. The molecular weight excluding hydrogens is 376 g/mol. The second kappa shape index (κ2) is 9.95. The van der Waals surface area contributed by atoms with Gasteiger partial charge in [-0.25, -0.2) is 9.59 Å². The first-order chi connectivity index (χ1) is 13.8. The van der Waals surface area contributed by atoms with Crippen molar-refractivity contribution in [2.75, 3.05) is 19.0 Å². The molecule has 0 aromatic heterocycles. The quantitative estimate of drug-likeness (QED) is 0.481. The lowest BCUT2D eigenvalue weighted by Crippen LogP contribution is -2.22. The molecule has 0 aliphatic carbocycles. The third kappa shape index (κ3) is 5.28. The van der Waals surface area contributed by atoms with Gasteiger partial charge in [-0.3, -0.25) is 4.79 Å². The van der Waals surface area contributed by atoms with E-state index in [1.54, 1.807) is 0 Å². The summed E-state index contributed by atoms with van der Waals surface area (Å²) >= 11 is 0. The van der Waals surface area contributed by atoms with Crippen LogP contribution in [0.3, 0.4) is 0 Å². The van der Waals surface area contributed by atoms with E-state index in [1.807, 2.05) is 26.8 Å². The first-order valence-corrected chi connectivity index (χ1v) is 9.57. The highest BCUT2D eigenvalue weighted by Gasteiger charge is 2.32. The molecule has 3 N–H and O–H groups in total. The summed E-state index contributed by atoms with van der Waals surface area (Å²) in [6.45, 7) is 6.24. The summed E-state index contributed by atoms with van der Waals surface area (Å²) in [4.78, 5) is 35.5. The number of ether oxygens (including phenoxy) is 3. The van der Waals surface area contributed by atoms with Gasteiger partial charge in [-0.2, -0.15) is 0 Å². The third-order valence-corrected chi connectivity index (χ3v) is 4.77. The van der Waals surface area contributed by atoms with Crippen molar-refractivity contribution in [3.8, 4) is 5.75 Å². The van der Waals surface area contributed by atoms with Gasteiger partial charge in [0.15, 0.2) is 0 Å². The number of carbonyl (C=O) groups is 3. The molecule has 1 aliphatic heterocycles. The maximum absolute atomic E-state index is 12.3. The first kappa shape index (κ1) is 22.3. The molecule has 0 spiro atoms. The van der Waals surface area contributed by atoms with Gasteiger partial charge in [-0.05, 0) is 38.7 Å².